The van der Waals surface area contributed by atoms with Crippen molar-refractivity contribution in [3.8, 4) is 10.6 Å². The highest BCUT2D eigenvalue weighted by molar-refractivity contribution is 7.21. The summed E-state index contributed by atoms with van der Waals surface area (Å²) in [6, 6.07) is 35.3. The van der Waals surface area contributed by atoms with Crippen LogP contribution in [-0.2, 0) is 0 Å². The molecule has 5 heteroatoms. The number of thiazole rings is 1. The number of urea groups is 1. The second kappa shape index (κ2) is 9.04. The fraction of sp³-hybridized carbons (Fsp3) is 0.0370. The van der Waals surface area contributed by atoms with Crippen LogP contribution in [0.15, 0.2) is 109 Å². The van der Waals surface area contributed by atoms with E-state index in [1.807, 2.05) is 103 Å². The van der Waals surface area contributed by atoms with Gasteiger partial charge in [0.05, 0.1) is 16.3 Å². The van der Waals surface area contributed by atoms with Gasteiger partial charge in [0.25, 0.3) is 0 Å². The van der Waals surface area contributed by atoms with E-state index in [0.717, 1.165) is 37.6 Å². The zero-order valence-electron chi connectivity index (χ0n) is 17.2. The predicted octanol–water partition coefficient (Wildman–Crippen LogP) is 6.87. The quantitative estimate of drug-likeness (QED) is 0.316. The standard InChI is InChI=1S/C27H21N3OS/c31-27(30-25(19-9-3-1-4-10-19)20-11-5-2-6-12-20)28-22-17-15-21(16-18-22)26-29-23-13-7-8-14-24(23)32-26/h1-18,25H,(H2,28,30,31). The minimum atomic E-state index is -0.254. The molecule has 2 amide bonds. The molecular weight excluding hydrogens is 414 g/mol. The lowest BCUT2D eigenvalue weighted by Crippen LogP contribution is -2.33. The van der Waals surface area contributed by atoms with Crippen molar-refractivity contribution in [3.05, 3.63) is 120 Å². The number of fused-ring (bicyclic) bond motifs is 1. The Balaban J connectivity index is 1.31. The first kappa shape index (κ1) is 20.0. The van der Waals surface area contributed by atoms with Crippen molar-refractivity contribution in [2.24, 2.45) is 0 Å². The van der Waals surface area contributed by atoms with Crippen LogP contribution in [0.25, 0.3) is 20.8 Å². The second-order valence-corrected chi connectivity index (χ2v) is 8.45. The van der Waals surface area contributed by atoms with Crippen LogP contribution in [0.1, 0.15) is 17.2 Å². The molecule has 0 saturated carbocycles. The van der Waals surface area contributed by atoms with Gasteiger partial charge in [0, 0.05) is 11.3 Å². The SMILES string of the molecule is O=C(Nc1ccc(-c2nc3ccccc3s2)cc1)NC(c1ccccc1)c1ccccc1. The Bertz CT molecular complexity index is 1260. The number of rotatable bonds is 5. The molecule has 1 aromatic heterocycles. The average molecular weight is 436 g/mol. The Labute approximate surface area is 190 Å². The Kier molecular flexibility index (Phi) is 5.64. The third kappa shape index (κ3) is 4.38. The number of carbonyl (C=O) groups is 1. The smallest absolute Gasteiger partial charge is 0.319 e. The maximum atomic E-state index is 12.8. The molecule has 5 aromatic rings. The van der Waals surface area contributed by atoms with Gasteiger partial charge in [-0.3, -0.25) is 0 Å². The van der Waals surface area contributed by atoms with Crippen molar-refractivity contribution < 1.29 is 4.79 Å². The third-order valence-electron chi connectivity index (χ3n) is 5.22. The zero-order chi connectivity index (χ0) is 21.8. The van der Waals surface area contributed by atoms with Crippen LogP contribution < -0.4 is 10.6 Å². The van der Waals surface area contributed by atoms with E-state index in [2.05, 4.69) is 16.7 Å². The maximum Gasteiger partial charge on any atom is 0.319 e. The summed E-state index contributed by atoms with van der Waals surface area (Å²) < 4.78 is 1.16. The Morgan fingerprint density at radius 2 is 1.31 bits per heavy atom. The molecule has 0 aliphatic carbocycles. The van der Waals surface area contributed by atoms with Crippen molar-refractivity contribution in [1.29, 1.82) is 0 Å². The van der Waals surface area contributed by atoms with Crippen LogP contribution in [-0.4, -0.2) is 11.0 Å². The van der Waals surface area contributed by atoms with Gasteiger partial charge in [0.15, 0.2) is 0 Å². The highest BCUT2D eigenvalue weighted by atomic mass is 32.1. The van der Waals surface area contributed by atoms with Gasteiger partial charge in [-0.1, -0.05) is 72.8 Å². The predicted molar refractivity (Wildman–Crippen MR) is 132 cm³/mol. The summed E-state index contributed by atoms with van der Waals surface area (Å²) in [7, 11) is 0. The van der Waals surface area contributed by atoms with Crippen molar-refractivity contribution in [3.63, 3.8) is 0 Å². The van der Waals surface area contributed by atoms with Crippen LogP contribution >= 0.6 is 11.3 Å². The molecule has 0 aliphatic heterocycles. The summed E-state index contributed by atoms with van der Waals surface area (Å²) in [5.74, 6) is 0. The van der Waals surface area contributed by atoms with Gasteiger partial charge in [-0.05, 0) is 47.5 Å². The Morgan fingerprint density at radius 1 is 0.719 bits per heavy atom. The highest BCUT2D eigenvalue weighted by Crippen LogP contribution is 2.30. The fourth-order valence-corrected chi connectivity index (χ4v) is 4.61. The van der Waals surface area contributed by atoms with Gasteiger partial charge >= 0.3 is 6.03 Å². The van der Waals surface area contributed by atoms with E-state index < -0.39 is 0 Å². The number of aromatic nitrogens is 1. The van der Waals surface area contributed by atoms with Crippen LogP contribution in [0.2, 0.25) is 0 Å². The molecule has 5 rings (SSSR count). The fourth-order valence-electron chi connectivity index (χ4n) is 3.64. The normalized spacial score (nSPS) is 10.9. The molecule has 2 N–H and O–H groups in total. The number of amides is 2. The number of para-hydroxylation sites is 1. The van der Waals surface area contributed by atoms with Gasteiger partial charge < -0.3 is 10.6 Å². The van der Waals surface area contributed by atoms with Gasteiger partial charge in [-0.15, -0.1) is 11.3 Å². The molecule has 4 aromatic carbocycles. The number of hydrogen-bond donors (Lipinski definition) is 2. The molecule has 0 atom stereocenters. The Morgan fingerprint density at radius 3 is 1.94 bits per heavy atom. The summed E-state index contributed by atoms with van der Waals surface area (Å²) >= 11 is 1.66. The Hall–Kier alpha value is -3.96. The van der Waals surface area contributed by atoms with Crippen molar-refractivity contribution in [2.75, 3.05) is 5.32 Å². The van der Waals surface area contributed by atoms with Crippen LogP contribution in [0.4, 0.5) is 10.5 Å². The number of hydrogen-bond acceptors (Lipinski definition) is 3. The molecule has 0 radical (unpaired) electrons. The molecule has 0 bridgehead atoms. The molecule has 0 aliphatic rings. The van der Waals surface area contributed by atoms with E-state index >= 15 is 0 Å². The van der Waals surface area contributed by atoms with Crippen molar-refractivity contribution in [1.82, 2.24) is 10.3 Å². The molecule has 0 saturated heterocycles. The molecule has 1 heterocycles. The molecule has 0 fully saturated rings. The van der Waals surface area contributed by atoms with Gasteiger partial charge in [-0.2, -0.15) is 0 Å². The van der Waals surface area contributed by atoms with Crippen molar-refractivity contribution in [2.45, 2.75) is 6.04 Å². The minimum Gasteiger partial charge on any atom is -0.327 e. The number of nitrogens with zero attached hydrogens (tertiary/aromatic N) is 1. The largest absolute Gasteiger partial charge is 0.327 e. The lowest BCUT2D eigenvalue weighted by Gasteiger charge is -2.20. The first-order valence-electron chi connectivity index (χ1n) is 10.4. The average Bonchev–Trinajstić information content (AvgIpc) is 3.28. The van der Waals surface area contributed by atoms with Crippen molar-refractivity contribution >= 4 is 33.3 Å². The highest BCUT2D eigenvalue weighted by Gasteiger charge is 2.16. The third-order valence-corrected chi connectivity index (χ3v) is 6.31. The molecule has 156 valence electrons. The summed E-state index contributed by atoms with van der Waals surface area (Å²) in [6.45, 7) is 0. The molecular formula is C27H21N3OS. The minimum absolute atomic E-state index is 0.237. The van der Waals surface area contributed by atoms with Crippen LogP contribution in [0.5, 0.6) is 0 Å². The first-order valence-corrected chi connectivity index (χ1v) is 11.2. The van der Waals surface area contributed by atoms with Gasteiger partial charge in [0.2, 0.25) is 0 Å². The summed E-state index contributed by atoms with van der Waals surface area (Å²) in [5.41, 5.74) is 4.82. The van der Waals surface area contributed by atoms with Crippen LogP contribution in [0.3, 0.4) is 0 Å². The zero-order valence-corrected chi connectivity index (χ0v) is 18.0. The molecule has 4 nitrogen and oxygen atoms in total. The van der Waals surface area contributed by atoms with E-state index in [9.17, 15) is 4.79 Å². The summed E-state index contributed by atoms with van der Waals surface area (Å²) in [4.78, 5) is 17.5. The van der Waals surface area contributed by atoms with E-state index in [4.69, 9.17) is 4.98 Å². The lowest BCUT2D eigenvalue weighted by atomic mass is 9.99. The van der Waals surface area contributed by atoms with E-state index in [1.54, 1.807) is 11.3 Å². The van der Waals surface area contributed by atoms with E-state index in [-0.39, 0.29) is 12.1 Å². The maximum absolute atomic E-state index is 12.8. The molecule has 0 spiro atoms. The van der Waals surface area contributed by atoms with Gasteiger partial charge in [-0.25, -0.2) is 9.78 Å². The summed E-state index contributed by atoms with van der Waals surface area (Å²) in [6.07, 6.45) is 0. The first-order chi connectivity index (χ1) is 15.8. The van der Waals surface area contributed by atoms with E-state index in [1.165, 1.54) is 0 Å². The summed E-state index contributed by atoms with van der Waals surface area (Å²) in [5, 5.41) is 7.02. The van der Waals surface area contributed by atoms with E-state index in [0.29, 0.717) is 0 Å². The monoisotopic (exact) mass is 435 g/mol. The lowest BCUT2D eigenvalue weighted by molar-refractivity contribution is 0.250. The molecule has 0 unspecified atom stereocenters. The number of anilines is 1. The topological polar surface area (TPSA) is 54.0 Å². The number of nitrogens with one attached hydrogen (secondary N) is 2. The number of carbonyl (C=O) groups excluding carboxylic acids is 1. The van der Waals surface area contributed by atoms with Crippen LogP contribution in [0, 0.1) is 0 Å². The molecule has 32 heavy (non-hydrogen) atoms. The second-order valence-electron chi connectivity index (χ2n) is 7.42. The van der Waals surface area contributed by atoms with Gasteiger partial charge in [0.1, 0.15) is 5.01 Å². The number of benzene rings is 4.